The van der Waals surface area contributed by atoms with E-state index < -0.39 is 30.1 Å². The highest BCUT2D eigenvalue weighted by molar-refractivity contribution is 6.31. The SMILES string of the molecule is Cc1nn(Cc2ccccc2)c(Cl)c1/C=C/C(=O)OCC(=O)Nc1ccc(F)cc1F. The summed E-state index contributed by atoms with van der Waals surface area (Å²) in [5.74, 6) is -3.26. The van der Waals surface area contributed by atoms with Gasteiger partial charge in [-0.1, -0.05) is 41.9 Å². The molecule has 0 saturated heterocycles. The number of esters is 1. The molecule has 1 N–H and O–H groups in total. The maximum absolute atomic E-state index is 13.5. The predicted octanol–water partition coefficient (Wildman–Crippen LogP) is 4.37. The van der Waals surface area contributed by atoms with Gasteiger partial charge in [0, 0.05) is 17.7 Å². The van der Waals surface area contributed by atoms with Crippen molar-refractivity contribution in [3.63, 3.8) is 0 Å². The number of halogens is 3. The van der Waals surface area contributed by atoms with Crippen LogP contribution in [0.2, 0.25) is 5.15 Å². The number of benzene rings is 2. The van der Waals surface area contributed by atoms with Crippen molar-refractivity contribution in [1.82, 2.24) is 9.78 Å². The van der Waals surface area contributed by atoms with Gasteiger partial charge in [-0.2, -0.15) is 5.10 Å². The number of carbonyl (C=O) groups is 2. The van der Waals surface area contributed by atoms with Crippen LogP contribution in [0.4, 0.5) is 14.5 Å². The second-order valence-corrected chi connectivity index (χ2v) is 6.90. The first-order valence-corrected chi connectivity index (χ1v) is 9.58. The first-order valence-electron chi connectivity index (χ1n) is 9.20. The fraction of sp³-hybridized carbons (Fsp3) is 0.136. The maximum Gasteiger partial charge on any atom is 0.331 e. The van der Waals surface area contributed by atoms with Crippen molar-refractivity contribution in [2.24, 2.45) is 0 Å². The smallest absolute Gasteiger partial charge is 0.331 e. The van der Waals surface area contributed by atoms with Gasteiger partial charge in [-0.05, 0) is 30.7 Å². The number of nitrogens with zero attached hydrogens (tertiary/aromatic N) is 2. The summed E-state index contributed by atoms with van der Waals surface area (Å²) in [6.45, 7) is 1.59. The Bertz CT molecular complexity index is 1130. The number of aromatic nitrogens is 2. The zero-order valence-electron chi connectivity index (χ0n) is 16.4. The van der Waals surface area contributed by atoms with Crippen molar-refractivity contribution in [3.05, 3.63) is 88.2 Å². The second kappa shape index (κ2) is 9.99. The molecular weight excluding hydrogens is 428 g/mol. The van der Waals surface area contributed by atoms with Crippen LogP contribution in [-0.2, 0) is 20.9 Å². The number of amides is 1. The van der Waals surface area contributed by atoms with Crippen molar-refractivity contribution >= 4 is 35.2 Å². The van der Waals surface area contributed by atoms with Crippen LogP contribution in [0.25, 0.3) is 6.08 Å². The summed E-state index contributed by atoms with van der Waals surface area (Å²) in [7, 11) is 0. The number of hydrogen-bond acceptors (Lipinski definition) is 4. The van der Waals surface area contributed by atoms with Gasteiger partial charge in [0.25, 0.3) is 5.91 Å². The highest BCUT2D eigenvalue weighted by atomic mass is 35.5. The van der Waals surface area contributed by atoms with Gasteiger partial charge in [0.05, 0.1) is 17.9 Å². The number of anilines is 1. The summed E-state index contributed by atoms with van der Waals surface area (Å²) in [6, 6.07) is 12.3. The first kappa shape index (κ1) is 22.2. The van der Waals surface area contributed by atoms with Crippen LogP contribution in [-0.4, -0.2) is 28.3 Å². The lowest BCUT2D eigenvalue weighted by Crippen LogP contribution is -2.20. The molecule has 0 unspecified atom stereocenters. The van der Waals surface area contributed by atoms with E-state index in [1.807, 2.05) is 30.3 Å². The summed E-state index contributed by atoms with van der Waals surface area (Å²) in [5.41, 5.74) is 1.97. The van der Waals surface area contributed by atoms with Gasteiger partial charge in [-0.15, -0.1) is 0 Å². The minimum atomic E-state index is -0.933. The molecule has 160 valence electrons. The van der Waals surface area contributed by atoms with E-state index in [2.05, 4.69) is 10.4 Å². The van der Waals surface area contributed by atoms with E-state index in [9.17, 15) is 18.4 Å². The Morgan fingerprint density at radius 1 is 1.19 bits per heavy atom. The monoisotopic (exact) mass is 445 g/mol. The van der Waals surface area contributed by atoms with Crippen LogP contribution >= 0.6 is 11.6 Å². The largest absolute Gasteiger partial charge is 0.452 e. The molecule has 3 aromatic rings. The van der Waals surface area contributed by atoms with Gasteiger partial charge < -0.3 is 10.1 Å². The van der Waals surface area contributed by atoms with E-state index in [0.717, 1.165) is 23.8 Å². The van der Waals surface area contributed by atoms with Gasteiger partial charge in [0.2, 0.25) is 0 Å². The topological polar surface area (TPSA) is 73.2 Å². The molecule has 9 heteroatoms. The molecule has 0 atom stereocenters. The number of rotatable bonds is 7. The molecule has 0 fully saturated rings. The molecule has 0 bridgehead atoms. The molecule has 0 radical (unpaired) electrons. The molecule has 1 heterocycles. The number of carbonyl (C=O) groups excluding carboxylic acids is 2. The van der Waals surface area contributed by atoms with E-state index >= 15 is 0 Å². The summed E-state index contributed by atoms with van der Waals surface area (Å²) in [5, 5.41) is 6.93. The van der Waals surface area contributed by atoms with Crippen LogP contribution in [0.5, 0.6) is 0 Å². The molecule has 2 aromatic carbocycles. The zero-order valence-corrected chi connectivity index (χ0v) is 17.2. The van der Waals surface area contributed by atoms with Gasteiger partial charge in [-0.25, -0.2) is 18.3 Å². The lowest BCUT2D eigenvalue weighted by molar-refractivity contribution is -0.142. The number of ether oxygens (including phenoxy) is 1. The molecule has 1 aromatic heterocycles. The lowest BCUT2D eigenvalue weighted by Gasteiger charge is -2.06. The molecule has 0 spiro atoms. The highest BCUT2D eigenvalue weighted by Crippen LogP contribution is 2.22. The minimum Gasteiger partial charge on any atom is -0.452 e. The Hall–Kier alpha value is -3.52. The number of aryl methyl sites for hydroxylation is 1. The fourth-order valence-corrected chi connectivity index (χ4v) is 3.03. The highest BCUT2D eigenvalue weighted by Gasteiger charge is 2.13. The van der Waals surface area contributed by atoms with Crippen LogP contribution in [0, 0.1) is 18.6 Å². The minimum absolute atomic E-state index is 0.216. The molecule has 1 amide bonds. The van der Waals surface area contributed by atoms with Gasteiger partial charge >= 0.3 is 5.97 Å². The summed E-state index contributed by atoms with van der Waals surface area (Å²) in [6.07, 6.45) is 2.57. The van der Waals surface area contributed by atoms with Crippen LogP contribution in [0.15, 0.2) is 54.6 Å². The molecule has 0 aliphatic carbocycles. The van der Waals surface area contributed by atoms with Crippen molar-refractivity contribution in [1.29, 1.82) is 0 Å². The fourth-order valence-electron chi connectivity index (χ4n) is 2.73. The zero-order chi connectivity index (χ0) is 22.4. The Morgan fingerprint density at radius 2 is 1.94 bits per heavy atom. The molecular formula is C22H18ClF2N3O3. The average molecular weight is 446 g/mol. The van der Waals surface area contributed by atoms with E-state index in [0.29, 0.717) is 29.0 Å². The lowest BCUT2D eigenvalue weighted by atomic mass is 10.2. The third-order valence-electron chi connectivity index (χ3n) is 4.22. The van der Waals surface area contributed by atoms with Crippen molar-refractivity contribution in [3.8, 4) is 0 Å². The Balaban J connectivity index is 1.56. The van der Waals surface area contributed by atoms with E-state index in [4.69, 9.17) is 16.3 Å². The van der Waals surface area contributed by atoms with E-state index in [-0.39, 0.29) is 5.69 Å². The maximum atomic E-state index is 13.5. The molecule has 0 saturated carbocycles. The number of hydrogen-bond donors (Lipinski definition) is 1. The van der Waals surface area contributed by atoms with E-state index in [1.165, 1.54) is 6.08 Å². The molecule has 31 heavy (non-hydrogen) atoms. The van der Waals surface area contributed by atoms with Gasteiger partial charge in [0.15, 0.2) is 6.61 Å². The summed E-state index contributed by atoms with van der Waals surface area (Å²) in [4.78, 5) is 23.7. The Labute approximate surface area is 182 Å². The normalized spacial score (nSPS) is 11.0. The Morgan fingerprint density at radius 3 is 2.65 bits per heavy atom. The third-order valence-corrected chi connectivity index (χ3v) is 4.62. The van der Waals surface area contributed by atoms with Crippen LogP contribution in [0.1, 0.15) is 16.8 Å². The van der Waals surface area contributed by atoms with Crippen molar-refractivity contribution in [2.45, 2.75) is 13.5 Å². The van der Waals surface area contributed by atoms with E-state index in [1.54, 1.807) is 11.6 Å². The van der Waals surface area contributed by atoms with Gasteiger partial charge in [0.1, 0.15) is 16.8 Å². The third kappa shape index (κ3) is 5.99. The van der Waals surface area contributed by atoms with Crippen molar-refractivity contribution in [2.75, 3.05) is 11.9 Å². The predicted molar refractivity (Wildman–Crippen MR) is 112 cm³/mol. The van der Waals surface area contributed by atoms with Crippen molar-refractivity contribution < 1.29 is 23.1 Å². The molecule has 0 aliphatic heterocycles. The standard InChI is InChI=1S/C22H18ClF2N3O3/c1-14-17(22(23)28(27-14)12-15-5-3-2-4-6-15)8-10-21(30)31-13-20(29)26-19-9-7-16(24)11-18(19)25/h2-11H,12-13H2,1H3,(H,26,29)/b10-8+. The number of nitrogens with one attached hydrogen (secondary N) is 1. The molecule has 3 rings (SSSR count). The molecule has 6 nitrogen and oxygen atoms in total. The summed E-state index contributed by atoms with van der Waals surface area (Å²) < 4.78 is 32.9. The first-order chi connectivity index (χ1) is 14.8. The second-order valence-electron chi connectivity index (χ2n) is 6.55. The average Bonchev–Trinajstić information content (AvgIpc) is 3.00. The van der Waals surface area contributed by atoms with Gasteiger partial charge in [-0.3, -0.25) is 4.79 Å². The quantitative estimate of drug-likeness (QED) is 0.433. The van der Waals surface area contributed by atoms with Crippen LogP contribution < -0.4 is 5.32 Å². The Kier molecular flexibility index (Phi) is 7.15. The summed E-state index contributed by atoms with van der Waals surface area (Å²) >= 11 is 6.38. The van der Waals surface area contributed by atoms with Crippen LogP contribution in [0.3, 0.4) is 0 Å². The molecule has 0 aliphatic rings.